The van der Waals surface area contributed by atoms with Gasteiger partial charge in [0.2, 0.25) is 0 Å². The zero-order valence-electron chi connectivity index (χ0n) is 12.0. The average molecular weight is 347 g/mol. The quantitative estimate of drug-likeness (QED) is 0.532. The van der Waals surface area contributed by atoms with E-state index in [9.17, 15) is 0 Å². The zero-order valence-corrected chi connectivity index (χ0v) is 13.6. The molecule has 0 amide bonds. The van der Waals surface area contributed by atoms with Gasteiger partial charge in [-0.25, -0.2) is 0 Å². The number of allylic oxidation sites excluding steroid dienone is 2. The molecule has 1 heteroatoms. The fraction of sp³-hybridized carbons (Fsp3) is 0.0476. The first-order chi connectivity index (χ1) is 10.8. The van der Waals surface area contributed by atoms with Crippen molar-refractivity contribution in [3.8, 4) is 0 Å². The summed E-state index contributed by atoms with van der Waals surface area (Å²) < 4.78 is 1.12. The number of hydrogen-bond donors (Lipinski definition) is 0. The van der Waals surface area contributed by atoms with Gasteiger partial charge in [-0.3, -0.25) is 0 Å². The van der Waals surface area contributed by atoms with Gasteiger partial charge in [-0.2, -0.15) is 0 Å². The molecule has 1 aliphatic rings. The van der Waals surface area contributed by atoms with Gasteiger partial charge in [-0.05, 0) is 40.0 Å². The van der Waals surface area contributed by atoms with Crippen molar-refractivity contribution >= 4 is 27.1 Å². The van der Waals surface area contributed by atoms with E-state index in [-0.39, 0.29) is 0 Å². The predicted molar refractivity (Wildman–Crippen MR) is 96.6 cm³/mol. The van der Waals surface area contributed by atoms with Crippen LogP contribution in [-0.2, 0) is 0 Å². The predicted octanol–water partition coefficient (Wildman–Crippen LogP) is 6.16. The Morgan fingerprint density at radius 2 is 1.00 bits per heavy atom. The van der Waals surface area contributed by atoms with Crippen LogP contribution in [0.2, 0.25) is 0 Å². The molecule has 0 nitrogen and oxygen atoms in total. The summed E-state index contributed by atoms with van der Waals surface area (Å²) in [6.45, 7) is 0. The number of benzene rings is 3. The van der Waals surface area contributed by atoms with E-state index < -0.39 is 0 Å². The molecule has 0 fully saturated rings. The SMILES string of the molecule is Brc1ccc(C2C(c3ccccc3)=C2c2ccccc2)cc1. The molecular weight excluding hydrogens is 332 g/mol. The maximum atomic E-state index is 3.52. The van der Waals surface area contributed by atoms with Crippen LogP contribution in [0.5, 0.6) is 0 Å². The lowest BCUT2D eigenvalue weighted by Crippen LogP contribution is -1.85. The summed E-state index contributed by atoms with van der Waals surface area (Å²) in [6, 6.07) is 30.1. The van der Waals surface area contributed by atoms with Crippen LogP contribution in [-0.4, -0.2) is 0 Å². The second kappa shape index (κ2) is 5.58. The Balaban J connectivity index is 1.79. The molecule has 0 saturated carbocycles. The Labute approximate surface area is 139 Å². The third-order valence-corrected chi connectivity index (χ3v) is 4.69. The maximum absolute atomic E-state index is 3.52. The summed E-state index contributed by atoms with van der Waals surface area (Å²) in [5, 5.41) is 0. The van der Waals surface area contributed by atoms with Crippen LogP contribution in [0.15, 0.2) is 89.4 Å². The van der Waals surface area contributed by atoms with Crippen molar-refractivity contribution in [3.63, 3.8) is 0 Å². The molecule has 1 aliphatic carbocycles. The van der Waals surface area contributed by atoms with Gasteiger partial charge >= 0.3 is 0 Å². The van der Waals surface area contributed by atoms with E-state index in [0.717, 1.165) is 4.47 Å². The Hall–Kier alpha value is -2.12. The molecule has 3 aromatic rings. The lowest BCUT2D eigenvalue weighted by atomic mass is 10.0. The van der Waals surface area contributed by atoms with Crippen molar-refractivity contribution in [3.05, 3.63) is 106 Å². The molecule has 22 heavy (non-hydrogen) atoms. The summed E-state index contributed by atoms with van der Waals surface area (Å²) in [6.07, 6.45) is 0. The van der Waals surface area contributed by atoms with Crippen molar-refractivity contribution < 1.29 is 0 Å². The lowest BCUT2D eigenvalue weighted by molar-refractivity contribution is 1.24. The van der Waals surface area contributed by atoms with E-state index in [1.807, 2.05) is 0 Å². The van der Waals surface area contributed by atoms with E-state index in [1.54, 1.807) is 0 Å². The molecule has 0 saturated heterocycles. The standard InChI is InChI=1S/C21H15Br/c22-18-13-11-17(12-14-18)21-19(15-7-3-1-4-8-15)20(21)16-9-5-2-6-10-16/h1-14,21H. The Morgan fingerprint density at radius 3 is 1.45 bits per heavy atom. The Kier molecular flexibility index (Phi) is 3.44. The molecule has 0 N–H and O–H groups in total. The second-order valence-electron chi connectivity index (χ2n) is 5.54. The van der Waals surface area contributed by atoms with Gasteiger partial charge in [0, 0.05) is 10.4 Å². The van der Waals surface area contributed by atoms with Crippen LogP contribution in [0.25, 0.3) is 11.1 Å². The molecule has 3 aromatic carbocycles. The zero-order chi connectivity index (χ0) is 14.9. The highest BCUT2D eigenvalue weighted by atomic mass is 79.9. The largest absolute Gasteiger partial charge is 0.0622 e. The Morgan fingerprint density at radius 1 is 0.545 bits per heavy atom. The van der Waals surface area contributed by atoms with Crippen molar-refractivity contribution in [1.29, 1.82) is 0 Å². The first-order valence-electron chi connectivity index (χ1n) is 7.45. The molecule has 106 valence electrons. The summed E-state index contributed by atoms with van der Waals surface area (Å²) in [5.41, 5.74) is 6.92. The smallest absolute Gasteiger partial charge is 0.0358 e. The molecule has 0 heterocycles. The van der Waals surface area contributed by atoms with E-state index in [0.29, 0.717) is 5.92 Å². The first kappa shape index (κ1) is 13.5. The third kappa shape index (κ3) is 2.42. The maximum Gasteiger partial charge on any atom is 0.0358 e. The van der Waals surface area contributed by atoms with E-state index in [1.165, 1.54) is 27.8 Å². The fourth-order valence-corrected chi connectivity index (χ4v) is 3.35. The molecule has 0 unspecified atom stereocenters. The van der Waals surface area contributed by atoms with Gasteiger partial charge in [0.15, 0.2) is 0 Å². The van der Waals surface area contributed by atoms with Gasteiger partial charge in [-0.1, -0.05) is 88.7 Å². The molecule has 4 rings (SSSR count). The van der Waals surface area contributed by atoms with Crippen molar-refractivity contribution in [2.24, 2.45) is 0 Å². The van der Waals surface area contributed by atoms with Crippen molar-refractivity contribution in [1.82, 2.24) is 0 Å². The van der Waals surface area contributed by atoms with Crippen LogP contribution in [0, 0.1) is 0 Å². The minimum atomic E-state index is 0.415. The number of halogens is 1. The van der Waals surface area contributed by atoms with Gasteiger partial charge in [-0.15, -0.1) is 0 Å². The fourth-order valence-electron chi connectivity index (χ4n) is 3.09. The van der Waals surface area contributed by atoms with E-state index in [2.05, 4.69) is 101 Å². The molecule has 0 aromatic heterocycles. The summed E-state index contributed by atoms with van der Waals surface area (Å²) in [4.78, 5) is 0. The summed E-state index contributed by atoms with van der Waals surface area (Å²) in [7, 11) is 0. The van der Waals surface area contributed by atoms with E-state index >= 15 is 0 Å². The highest BCUT2D eigenvalue weighted by Crippen LogP contribution is 2.59. The highest BCUT2D eigenvalue weighted by Gasteiger charge is 2.39. The molecule has 0 atom stereocenters. The van der Waals surface area contributed by atoms with Crippen molar-refractivity contribution in [2.45, 2.75) is 5.92 Å². The summed E-state index contributed by atoms with van der Waals surface area (Å²) in [5.74, 6) is 0.415. The van der Waals surface area contributed by atoms with Crippen LogP contribution < -0.4 is 0 Å². The monoisotopic (exact) mass is 346 g/mol. The van der Waals surface area contributed by atoms with Gasteiger partial charge in [0.1, 0.15) is 0 Å². The van der Waals surface area contributed by atoms with Crippen LogP contribution in [0.3, 0.4) is 0 Å². The molecular formula is C21H15Br. The van der Waals surface area contributed by atoms with Gasteiger partial charge in [0.25, 0.3) is 0 Å². The molecule has 0 aliphatic heterocycles. The topological polar surface area (TPSA) is 0 Å². The molecule has 0 bridgehead atoms. The average Bonchev–Trinajstić information content (AvgIpc) is 3.33. The van der Waals surface area contributed by atoms with E-state index in [4.69, 9.17) is 0 Å². The minimum absolute atomic E-state index is 0.415. The minimum Gasteiger partial charge on any atom is -0.0622 e. The second-order valence-corrected chi connectivity index (χ2v) is 6.46. The number of rotatable bonds is 3. The van der Waals surface area contributed by atoms with Gasteiger partial charge in [0.05, 0.1) is 0 Å². The molecule has 0 radical (unpaired) electrons. The normalized spacial score (nSPS) is 14.2. The van der Waals surface area contributed by atoms with Crippen LogP contribution in [0.1, 0.15) is 22.6 Å². The van der Waals surface area contributed by atoms with Gasteiger partial charge < -0.3 is 0 Å². The Bertz CT molecular complexity index is 765. The van der Waals surface area contributed by atoms with Crippen LogP contribution in [0.4, 0.5) is 0 Å². The summed E-state index contributed by atoms with van der Waals surface area (Å²) >= 11 is 3.52. The van der Waals surface area contributed by atoms with Crippen LogP contribution >= 0.6 is 15.9 Å². The highest BCUT2D eigenvalue weighted by molar-refractivity contribution is 9.10. The third-order valence-electron chi connectivity index (χ3n) is 4.16. The van der Waals surface area contributed by atoms with Crippen molar-refractivity contribution in [2.75, 3.05) is 0 Å². The first-order valence-corrected chi connectivity index (χ1v) is 8.24. The lowest BCUT2D eigenvalue weighted by Gasteiger charge is -2.03. The number of hydrogen-bond acceptors (Lipinski definition) is 0. The molecule has 0 spiro atoms.